The van der Waals surface area contributed by atoms with Crippen molar-refractivity contribution in [1.82, 2.24) is 15.5 Å². The van der Waals surface area contributed by atoms with Crippen molar-refractivity contribution < 1.29 is 29.3 Å². The fraction of sp³-hybridized carbons (Fsp3) is 0.333. The topological polar surface area (TPSA) is 142 Å². The third-order valence-corrected chi connectivity index (χ3v) is 6.57. The first-order valence-corrected chi connectivity index (χ1v) is 10.4. The molecule has 0 spiro atoms. The molecule has 1 unspecified atom stereocenters. The first-order valence-electron chi connectivity index (χ1n) is 10.4. The summed E-state index contributed by atoms with van der Waals surface area (Å²) >= 11 is 0. The van der Waals surface area contributed by atoms with Crippen LogP contribution in [-0.4, -0.2) is 37.8 Å². The number of phenols is 2. The molecular formula is C24H25N3O6. The number of aromatic hydroxyl groups is 2. The Morgan fingerprint density at radius 2 is 1.85 bits per heavy atom. The number of fused-ring (bicyclic) bond motifs is 3. The predicted octanol–water partition coefficient (Wildman–Crippen LogP) is 2.70. The highest BCUT2D eigenvalue weighted by Gasteiger charge is 2.56. The number of hydrogen-bond acceptors (Lipinski definition) is 8. The van der Waals surface area contributed by atoms with Crippen LogP contribution in [0.15, 0.2) is 23.1 Å². The van der Waals surface area contributed by atoms with E-state index in [9.17, 15) is 24.6 Å². The molecule has 0 radical (unpaired) electrons. The molecule has 4 rings (SSSR count). The number of ketones is 3. The molecule has 2 heterocycles. The van der Waals surface area contributed by atoms with Crippen molar-refractivity contribution in [2.24, 2.45) is 0 Å². The number of carbonyl (C=O) groups is 3. The molecule has 0 amide bonds. The van der Waals surface area contributed by atoms with Gasteiger partial charge in [0.05, 0.1) is 16.8 Å². The molecule has 0 fully saturated rings. The summed E-state index contributed by atoms with van der Waals surface area (Å²) in [5, 5.41) is 31.5. The van der Waals surface area contributed by atoms with Gasteiger partial charge in [-0.25, -0.2) is 0 Å². The number of nitrogens with zero attached hydrogens (tertiary/aromatic N) is 1. The van der Waals surface area contributed by atoms with E-state index >= 15 is 0 Å². The Morgan fingerprint density at radius 3 is 2.42 bits per heavy atom. The zero-order valence-electron chi connectivity index (χ0n) is 19.3. The van der Waals surface area contributed by atoms with Gasteiger partial charge in [-0.1, -0.05) is 0 Å². The van der Waals surface area contributed by atoms with Gasteiger partial charge in [-0.15, -0.1) is 0 Å². The monoisotopic (exact) mass is 451 g/mol. The predicted molar refractivity (Wildman–Crippen MR) is 118 cm³/mol. The molecule has 1 atom stereocenters. The third kappa shape index (κ3) is 2.99. The highest BCUT2D eigenvalue weighted by molar-refractivity contribution is 6.31. The van der Waals surface area contributed by atoms with Crippen molar-refractivity contribution >= 4 is 17.3 Å². The molecule has 1 aliphatic carbocycles. The molecule has 0 saturated carbocycles. The highest BCUT2D eigenvalue weighted by atomic mass is 16.5. The summed E-state index contributed by atoms with van der Waals surface area (Å²) in [6, 6.07) is 0. The lowest BCUT2D eigenvalue weighted by Gasteiger charge is -2.29. The quantitative estimate of drug-likeness (QED) is 0.316. The van der Waals surface area contributed by atoms with Crippen LogP contribution in [0, 0.1) is 20.8 Å². The lowest BCUT2D eigenvalue weighted by atomic mass is 9.70. The van der Waals surface area contributed by atoms with Crippen LogP contribution < -0.4 is 10.1 Å². The summed E-state index contributed by atoms with van der Waals surface area (Å²) in [7, 11) is 0. The zero-order valence-corrected chi connectivity index (χ0v) is 19.3. The number of aromatic nitrogens is 2. The third-order valence-electron chi connectivity index (χ3n) is 6.57. The van der Waals surface area contributed by atoms with Crippen LogP contribution >= 0.6 is 0 Å². The highest BCUT2D eigenvalue weighted by Crippen LogP contribution is 2.57. The molecule has 4 N–H and O–H groups in total. The second-order valence-electron chi connectivity index (χ2n) is 8.65. The number of benzene rings is 1. The van der Waals surface area contributed by atoms with Crippen molar-refractivity contribution in [3.05, 3.63) is 56.7 Å². The Labute approximate surface area is 190 Å². The summed E-state index contributed by atoms with van der Waals surface area (Å²) in [5.74, 6) is -2.47. The SMILES string of the molecule is CC(=O)c1c(O)c(C)c(O)c2c1OC1=CC(=O)C(=C(C)NCc3c(C)n[nH]c3C)C(=O)C12C. The number of aromatic amines is 1. The van der Waals surface area contributed by atoms with E-state index in [2.05, 4.69) is 15.5 Å². The van der Waals surface area contributed by atoms with Crippen molar-refractivity contribution in [3.8, 4) is 17.2 Å². The average Bonchev–Trinajstić information content (AvgIpc) is 3.21. The maximum atomic E-state index is 13.8. The molecule has 2 aliphatic rings. The number of nitrogens with one attached hydrogen (secondary N) is 2. The van der Waals surface area contributed by atoms with E-state index in [-0.39, 0.29) is 39.5 Å². The van der Waals surface area contributed by atoms with Crippen LogP contribution in [0.1, 0.15) is 59.2 Å². The number of phenolic OH excluding ortho intramolecular Hbond substituents is 2. The van der Waals surface area contributed by atoms with Crippen molar-refractivity contribution in [3.63, 3.8) is 0 Å². The number of H-pyrrole nitrogens is 1. The maximum absolute atomic E-state index is 13.8. The van der Waals surface area contributed by atoms with Gasteiger partial charge in [0.2, 0.25) is 0 Å². The van der Waals surface area contributed by atoms with Gasteiger partial charge in [0.15, 0.2) is 17.3 Å². The summed E-state index contributed by atoms with van der Waals surface area (Å²) in [6.07, 6.45) is 1.20. The standard InChI is InChI=1S/C24H25N3O6/c1-9-20(30)18(13(5)28)22-19(21(9)31)24(6)16(33-22)7-15(29)17(23(24)32)12(4)25-8-14-10(2)26-27-11(14)3/h7,25,30-31H,8H2,1-6H3,(H,26,27). The molecule has 1 aromatic heterocycles. The summed E-state index contributed by atoms with van der Waals surface area (Å²) in [5.41, 5.74) is 1.38. The number of ether oxygens (including phenoxy) is 1. The second kappa shape index (κ2) is 7.33. The molecule has 2 aromatic rings. The molecule has 1 aliphatic heterocycles. The molecule has 9 heteroatoms. The van der Waals surface area contributed by atoms with Gasteiger partial charge in [0.25, 0.3) is 0 Å². The van der Waals surface area contributed by atoms with Gasteiger partial charge in [0.1, 0.15) is 34.0 Å². The lowest BCUT2D eigenvalue weighted by Crippen LogP contribution is -2.41. The molecule has 0 bridgehead atoms. The van der Waals surface area contributed by atoms with Gasteiger partial charge in [-0.05, 0) is 41.5 Å². The van der Waals surface area contributed by atoms with E-state index in [4.69, 9.17) is 4.74 Å². The van der Waals surface area contributed by atoms with Gasteiger partial charge in [0, 0.05) is 35.1 Å². The van der Waals surface area contributed by atoms with E-state index in [0.29, 0.717) is 12.2 Å². The van der Waals surface area contributed by atoms with E-state index in [1.807, 2.05) is 13.8 Å². The molecule has 9 nitrogen and oxygen atoms in total. The first-order chi connectivity index (χ1) is 15.4. The molecular weight excluding hydrogens is 426 g/mol. The second-order valence-corrected chi connectivity index (χ2v) is 8.65. The van der Waals surface area contributed by atoms with Gasteiger partial charge in [-0.2, -0.15) is 5.10 Å². The zero-order chi connectivity index (χ0) is 24.4. The van der Waals surface area contributed by atoms with Gasteiger partial charge in [-0.3, -0.25) is 19.5 Å². The number of aryl methyl sites for hydroxylation is 2. The van der Waals surface area contributed by atoms with E-state index < -0.39 is 28.5 Å². The van der Waals surface area contributed by atoms with Crippen LogP contribution in [0.4, 0.5) is 0 Å². The molecule has 172 valence electrons. The van der Waals surface area contributed by atoms with Crippen molar-refractivity contribution in [2.75, 3.05) is 0 Å². The number of carbonyl (C=O) groups excluding carboxylic acids is 3. The van der Waals surface area contributed by atoms with E-state index in [0.717, 1.165) is 17.0 Å². The summed E-state index contributed by atoms with van der Waals surface area (Å²) < 4.78 is 5.77. The van der Waals surface area contributed by atoms with Gasteiger partial charge < -0.3 is 20.3 Å². The number of allylic oxidation sites excluding steroid dienone is 4. The van der Waals surface area contributed by atoms with Crippen molar-refractivity contribution in [2.45, 2.75) is 53.5 Å². The minimum absolute atomic E-state index is 0.00775. The van der Waals surface area contributed by atoms with Crippen LogP contribution in [0.2, 0.25) is 0 Å². The largest absolute Gasteiger partial charge is 0.507 e. The fourth-order valence-corrected chi connectivity index (χ4v) is 4.51. The Morgan fingerprint density at radius 1 is 1.18 bits per heavy atom. The van der Waals surface area contributed by atoms with Gasteiger partial charge >= 0.3 is 0 Å². The van der Waals surface area contributed by atoms with Crippen molar-refractivity contribution in [1.29, 1.82) is 0 Å². The minimum atomic E-state index is -1.53. The van der Waals surface area contributed by atoms with E-state index in [1.165, 1.54) is 26.8 Å². The Hall–Kier alpha value is -3.88. The lowest BCUT2D eigenvalue weighted by molar-refractivity contribution is -0.123. The number of rotatable bonds is 4. The van der Waals surface area contributed by atoms with E-state index in [1.54, 1.807) is 6.92 Å². The molecule has 1 aromatic carbocycles. The Kier molecular flexibility index (Phi) is 4.96. The minimum Gasteiger partial charge on any atom is -0.507 e. The Balaban J connectivity index is 1.85. The molecule has 33 heavy (non-hydrogen) atoms. The number of hydrogen-bond donors (Lipinski definition) is 4. The first kappa shape index (κ1) is 22.3. The smallest absolute Gasteiger partial charge is 0.194 e. The normalized spacial score (nSPS) is 20.7. The van der Waals surface area contributed by atoms with Crippen LogP contribution in [-0.2, 0) is 21.5 Å². The summed E-state index contributed by atoms with van der Waals surface area (Å²) in [6.45, 7) is 9.97. The maximum Gasteiger partial charge on any atom is 0.194 e. The van der Waals surface area contributed by atoms with Crippen LogP contribution in [0.5, 0.6) is 17.2 Å². The fourth-order valence-electron chi connectivity index (χ4n) is 4.51. The average molecular weight is 451 g/mol. The Bertz CT molecular complexity index is 1310. The van der Waals surface area contributed by atoms with Crippen LogP contribution in [0.3, 0.4) is 0 Å². The van der Waals surface area contributed by atoms with Crippen LogP contribution in [0.25, 0.3) is 0 Å². The summed E-state index contributed by atoms with van der Waals surface area (Å²) in [4.78, 5) is 38.9. The molecule has 0 saturated heterocycles. The number of Topliss-reactive ketones (excluding diaryl/α,β-unsaturated/α-hetero) is 2.